The minimum absolute atomic E-state index is 0.179. The maximum absolute atomic E-state index is 13.2. The summed E-state index contributed by atoms with van der Waals surface area (Å²) in [5.74, 6) is 0.306. The molecular formula is C31H24N2O5. The Morgan fingerprint density at radius 1 is 0.895 bits per heavy atom. The van der Waals surface area contributed by atoms with Gasteiger partial charge in [0.2, 0.25) is 6.79 Å². The van der Waals surface area contributed by atoms with Gasteiger partial charge in [-0.15, -0.1) is 0 Å². The van der Waals surface area contributed by atoms with Crippen LogP contribution in [-0.2, 0) is 14.3 Å². The van der Waals surface area contributed by atoms with Crippen LogP contribution in [-0.4, -0.2) is 30.3 Å². The van der Waals surface area contributed by atoms with Gasteiger partial charge in [-0.2, -0.15) is 0 Å². The lowest BCUT2D eigenvalue weighted by Crippen LogP contribution is -2.42. The normalized spacial score (nSPS) is 15.9. The van der Waals surface area contributed by atoms with Gasteiger partial charge in [0, 0.05) is 6.08 Å². The average Bonchev–Trinajstić information content (AvgIpc) is 3.62. The SMILES string of the molecule is O=C(C=Cc1ccc2c(c1)OCO2)OCC(=O)N1NC(c2ccc3ccccc3c2)=C[C@@H]1c1ccccc1. The molecule has 0 fully saturated rings. The van der Waals surface area contributed by atoms with E-state index in [0.29, 0.717) is 11.5 Å². The van der Waals surface area contributed by atoms with E-state index in [-0.39, 0.29) is 18.7 Å². The van der Waals surface area contributed by atoms with Crippen LogP contribution in [0, 0.1) is 0 Å². The summed E-state index contributed by atoms with van der Waals surface area (Å²) in [5, 5.41) is 3.76. The van der Waals surface area contributed by atoms with Gasteiger partial charge >= 0.3 is 5.97 Å². The van der Waals surface area contributed by atoms with Crippen molar-refractivity contribution in [3.8, 4) is 11.5 Å². The Labute approximate surface area is 219 Å². The molecule has 1 atom stereocenters. The van der Waals surface area contributed by atoms with Crippen LogP contribution in [0.2, 0.25) is 0 Å². The van der Waals surface area contributed by atoms with E-state index in [9.17, 15) is 9.59 Å². The smallest absolute Gasteiger partial charge is 0.331 e. The van der Waals surface area contributed by atoms with Gasteiger partial charge in [0.1, 0.15) is 0 Å². The first kappa shape index (κ1) is 23.4. The van der Waals surface area contributed by atoms with Crippen molar-refractivity contribution in [2.45, 2.75) is 6.04 Å². The van der Waals surface area contributed by atoms with Crippen molar-refractivity contribution in [2.24, 2.45) is 0 Å². The van der Waals surface area contributed by atoms with Gasteiger partial charge in [-0.25, -0.2) is 9.80 Å². The largest absolute Gasteiger partial charge is 0.454 e. The lowest BCUT2D eigenvalue weighted by molar-refractivity contribution is -0.149. The number of hydrogen-bond acceptors (Lipinski definition) is 6. The maximum Gasteiger partial charge on any atom is 0.331 e. The van der Waals surface area contributed by atoms with Crippen molar-refractivity contribution in [1.29, 1.82) is 0 Å². The number of hydrazine groups is 1. The summed E-state index contributed by atoms with van der Waals surface area (Å²) in [5.41, 5.74) is 6.71. The minimum Gasteiger partial charge on any atom is -0.454 e. The first-order valence-corrected chi connectivity index (χ1v) is 12.2. The zero-order chi connectivity index (χ0) is 25.9. The predicted octanol–water partition coefficient (Wildman–Crippen LogP) is 5.25. The topological polar surface area (TPSA) is 77.1 Å². The van der Waals surface area contributed by atoms with Gasteiger partial charge in [-0.3, -0.25) is 10.2 Å². The highest BCUT2D eigenvalue weighted by Crippen LogP contribution is 2.33. The van der Waals surface area contributed by atoms with E-state index in [1.807, 2.05) is 54.6 Å². The highest BCUT2D eigenvalue weighted by molar-refractivity contribution is 5.91. The van der Waals surface area contributed by atoms with E-state index >= 15 is 0 Å². The van der Waals surface area contributed by atoms with Gasteiger partial charge in [-0.1, -0.05) is 72.8 Å². The van der Waals surface area contributed by atoms with Crippen LogP contribution in [0.3, 0.4) is 0 Å². The predicted molar refractivity (Wildman–Crippen MR) is 144 cm³/mol. The van der Waals surface area contributed by atoms with Gasteiger partial charge in [-0.05, 0) is 57.8 Å². The highest BCUT2D eigenvalue weighted by atomic mass is 16.7. The van der Waals surface area contributed by atoms with E-state index in [2.05, 4.69) is 29.7 Å². The Hall–Kier alpha value is -5.04. The quantitative estimate of drug-likeness (QED) is 0.285. The molecule has 0 aliphatic carbocycles. The molecule has 1 N–H and O–H groups in total. The highest BCUT2D eigenvalue weighted by Gasteiger charge is 2.31. The van der Waals surface area contributed by atoms with E-state index in [1.165, 1.54) is 11.1 Å². The molecule has 0 saturated carbocycles. The first-order chi connectivity index (χ1) is 18.6. The van der Waals surface area contributed by atoms with Gasteiger partial charge in [0.25, 0.3) is 5.91 Å². The zero-order valence-corrected chi connectivity index (χ0v) is 20.4. The zero-order valence-electron chi connectivity index (χ0n) is 20.4. The van der Waals surface area contributed by atoms with Crippen molar-refractivity contribution in [3.63, 3.8) is 0 Å². The second-order valence-corrected chi connectivity index (χ2v) is 8.93. The summed E-state index contributed by atoms with van der Waals surface area (Å²) in [6, 6.07) is 29.0. The maximum atomic E-state index is 13.2. The second-order valence-electron chi connectivity index (χ2n) is 8.93. The summed E-state index contributed by atoms with van der Waals surface area (Å²) in [4.78, 5) is 25.6. The molecule has 2 aliphatic rings. The third kappa shape index (κ3) is 4.82. The van der Waals surface area contributed by atoms with Crippen LogP contribution in [0.25, 0.3) is 22.5 Å². The molecule has 2 aliphatic heterocycles. The van der Waals surface area contributed by atoms with Crippen LogP contribution in [0.1, 0.15) is 22.7 Å². The fourth-order valence-electron chi connectivity index (χ4n) is 4.53. The Kier molecular flexibility index (Phi) is 6.24. The van der Waals surface area contributed by atoms with E-state index < -0.39 is 12.6 Å². The molecule has 0 aromatic heterocycles. The molecule has 0 radical (unpaired) electrons. The number of nitrogens with one attached hydrogen (secondary N) is 1. The molecule has 0 bridgehead atoms. The fourth-order valence-corrected chi connectivity index (χ4v) is 4.53. The summed E-state index contributed by atoms with van der Waals surface area (Å²) in [7, 11) is 0. The monoisotopic (exact) mass is 504 g/mol. The molecule has 7 heteroatoms. The van der Waals surface area contributed by atoms with Crippen LogP contribution in [0.5, 0.6) is 11.5 Å². The number of ether oxygens (including phenoxy) is 3. The Bertz CT molecular complexity index is 1580. The molecule has 7 nitrogen and oxygen atoms in total. The molecular weight excluding hydrogens is 480 g/mol. The number of fused-ring (bicyclic) bond motifs is 2. The molecule has 0 unspecified atom stereocenters. The van der Waals surface area contributed by atoms with E-state index in [4.69, 9.17) is 14.2 Å². The Balaban J connectivity index is 1.16. The standard InChI is InChI=1S/C31H24N2O5/c34-30(19-36-31(35)15-11-21-10-14-28-29(16-21)38-20-37-28)33-27(23-7-2-1-3-8-23)18-26(32-33)25-13-12-22-6-4-5-9-24(22)17-25/h1-18,27,32H,19-20H2/t27-/m1/s1. The van der Waals surface area contributed by atoms with Gasteiger partial charge < -0.3 is 14.2 Å². The number of hydrogen-bond donors (Lipinski definition) is 1. The number of nitrogens with zero attached hydrogens (tertiary/aromatic N) is 1. The van der Waals surface area contributed by atoms with Crippen LogP contribution >= 0.6 is 0 Å². The van der Waals surface area contributed by atoms with Crippen molar-refractivity contribution in [2.75, 3.05) is 13.4 Å². The van der Waals surface area contributed by atoms with Crippen LogP contribution < -0.4 is 14.9 Å². The van der Waals surface area contributed by atoms with Crippen LogP contribution in [0.4, 0.5) is 0 Å². The van der Waals surface area contributed by atoms with E-state index in [0.717, 1.165) is 33.2 Å². The summed E-state index contributed by atoms with van der Waals surface area (Å²) in [6.45, 7) is -0.224. The summed E-state index contributed by atoms with van der Waals surface area (Å²) in [6.07, 6.45) is 4.91. The number of rotatable bonds is 6. The molecule has 188 valence electrons. The number of benzene rings is 4. The van der Waals surface area contributed by atoms with Gasteiger partial charge in [0.05, 0.1) is 11.7 Å². The lowest BCUT2D eigenvalue weighted by atomic mass is 10.0. The minimum atomic E-state index is -0.616. The van der Waals surface area contributed by atoms with Crippen molar-refractivity contribution >= 4 is 34.4 Å². The molecule has 1 amide bonds. The number of esters is 1. The molecule has 4 aromatic carbocycles. The molecule has 0 saturated heterocycles. The number of carbonyl (C=O) groups is 2. The number of carbonyl (C=O) groups excluding carboxylic acids is 2. The van der Waals surface area contributed by atoms with Crippen LogP contribution in [0.15, 0.2) is 103 Å². The molecule has 4 aromatic rings. The van der Waals surface area contributed by atoms with E-state index in [1.54, 1.807) is 24.3 Å². The molecule has 2 heterocycles. The lowest BCUT2D eigenvalue weighted by Gasteiger charge is -2.25. The average molecular weight is 505 g/mol. The third-order valence-electron chi connectivity index (χ3n) is 6.46. The number of amides is 1. The van der Waals surface area contributed by atoms with Crippen molar-refractivity contribution in [3.05, 3.63) is 120 Å². The van der Waals surface area contributed by atoms with Gasteiger partial charge in [0.15, 0.2) is 18.1 Å². The summed E-state index contributed by atoms with van der Waals surface area (Å²) >= 11 is 0. The molecule has 38 heavy (non-hydrogen) atoms. The van der Waals surface area contributed by atoms with Crippen molar-refractivity contribution < 1.29 is 23.8 Å². The van der Waals surface area contributed by atoms with Crippen molar-refractivity contribution in [1.82, 2.24) is 10.4 Å². The molecule has 6 rings (SSSR count). The Morgan fingerprint density at radius 2 is 1.68 bits per heavy atom. The molecule has 0 spiro atoms. The first-order valence-electron chi connectivity index (χ1n) is 12.2. The summed E-state index contributed by atoms with van der Waals surface area (Å²) < 4.78 is 15.9. The fraction of sp³-hybridized carbons (Fsp3) is 0.0968. The third-order valence-corrected chi connectivity index (χ3v) is 6.46. The second kappa shape index (κ2) is 10.1. The Morgan fingerprint density at radius 3 is 2.55 bits per heavy atom.